The highest BCUT2D eigenvalue weighted by Crippen LogP contribution is 2.42. The van der Waals surface area contributed by atoms with Gasteiger partial charge in [-0.15, -0.1) is 0 Å². The number of halogens is 1. The molecule has 0 spiro atoms. The summed E-state index contributed by atoms with van der Waals surface area (Å²) in [6.07, 6.45) is -0.642. The van der Waals surface area contributed by atoms with E-state index in [9.17, 15) is 19.2 Å². The second-order valence-corrected chi connectivity index (χ2v) is 7.65. The van der Waals surface area contributed by atoms with E-state index < -0.39 is 17.4 Å². The van der Waals surface area contributed by atoms with Crippen LogP contribution in [0.3, 0.4) is 0 Å². The molecule has 1 atom stereocenters. The van der Waals surface area contributed by atoms with E-state index in [4.69, 9.17) is 16.3 Å². The van der Waals surface area contributed by atoms with E-state index in [1.807, 2.05) is 0 Å². The number of carbonyl (C=O) groups is 4. The molecule has 0 bridgehead atoms. The molecule has 2 saturated heterocycles. The fourth-order valence-electron chi connectivity index (χ4n) is 3.90. The molecule has 1 aromatic rings. The molecule has 0 aliphatic carbocycles. The van der Waals surface area contributed by atoms with Crippen LogP contribution in [0.4, 0.5) is 4.79 Å². The zero-order chi connectivity index (χ0) is 21.2. The summed E-state index contributed by atoms with van der Waals surface area (Å²) in [5.74, 6) is -1.01. The summed E-state index contributed by atoms with van der Waals surface area (Å²) in [4.78, 5) is 54.5. The monoisotopic (exact) mass is 421 g/mol. The Balaban J connectivity index is 1.79. The van der Waals surface area contributed by atoms with Crippen molar-refractivity contribution in [3.05, 3.63) is 34.9 Å². The van der Waals surface area contributed by atoms with Gasteiger partial charge in [0.2, 0.25) is 17.7 Å². The van der Waals surface area contributed by atoms with E-state index in [0.29, 0.717) is 43.4 Å². The van der Waals surface area contributed by atoms with Gasteiger partial charge in [0.1, 0.15) is 0 Å². The fraction of sp³-hybridized carbons (Fsp3) is 0.500. The summed E-state index contributed by atoms with van der Waals surface area (Å²) in [5, 5.41) is 0.351. The van der Waals surface area contributed by atoms with Crippen molar-refractivity contribution in [2.45, 2.75) is 25.2 Å². The van der Waals surface area contributed by atoms with Crippen LogP contribution in [0.5, 0.6) is 0 Å². The minimum atomic E-state index is -1.31. The molecule has 8 nitrogen and oxygen atoms in total. The molecular formula is C20H24ClN3O5. The highest BCUT2D eigenvalue weighted by Gasteiger charge is 2.53. The SMILES string of the molecule is CCOC(=O)N1CCN(C(=O)CC2(c3ccccc3Cl)CC(=O)N(C)C2=O)CC1. The molecule has 29 heavy (non-hydrogen) atoms. The number of amides is 4. The van der Waals surface area contributed by atoms with Crippen molar-refractivity contribution in [2.24, 2.45) is 0 Å². The Hall–Kier alpha value is -2.61. The first-order valence-electron chi connectivity index (χ1n) is 9.55. The van der Waals surface area contributed by atoms with Gasteiger partial charge in [-0.3, -0.25) is 19.3 Å². The minimum Gasteiger partial charge on any atom is -0.450 e. The lowest BCUT2D eigenvalue weighted by Gasteiger charge is -2.36. The van der Waals surface area contributed by atoms with Crippen molar-refractivity contribution in [3.8, 4) is 0 Å². The van der Waals surface area contributed by atoms with Crippen LogP contribution in [0.2, 0.25) is 5.02 Å². The third-order valence-corrected chi connectivity index (χ3v) is 5.87. The summed E-state index contributed by atoms with van der Waals surface area (Å²) in [6.45, 7) is 3.43. The lowest BCUT2D eigenvalue weighted by molar-refractivity contribution is -0.142. The Morgan fingerprint density at radius 3 is 2.28 bits per heavy atom. The molecule has 0 aromatic heterocycles. The van der Waals surface area contributed by atoms with Gasteiger partial charge in [-0.25, -0.2) is 4.79 Å². The molecule has 9 heteroatoms. The van der Waals surface area contributed by atoms with Gasteiger partial charge in [0.05, 0.1) is 12.0 Å². The number of ether oxygens (including phenoxy) is 1. The van der Waals surface area contributed by atoms with E-state index >= 15 is 0 Å². The Morgan fingerprint density at radius 2 is 1.72 bits per heavy atom. The van der Waals surface area contributed by atoms with Gasteiger partial charge in [0.15, 0.2) is 0 Å². The Kier molecular flexibility index (Phi) is 6.12. The van der Waals surface area contributed by atoms with Crippen LogP contribution in [0, 0.1) is 0 Å². The predicted molar refractivity (Wildman–Crippen MR) is 105 cm³/mol. The Bertz CT molecular complexity index is 837. The molecular weight excluding hydrogens is 398 g/mol. The number of likely N-dealkylation sites (N-methyl/N-ethyl adjacent to an activating group) is 1. The maximum atomic E-state index is 13.1. The first-order chi connectivity index (χ1) is 13.8. The van der Waals surface area contributed by atoms with Crippen LogP contribution >= 0.6 is 11.6 Å². The number of benzene rings is 1. The predicted octanol–water partition coefficient (Wildman–Crippen LogP) is 1.66. The second-order valence-electron chi connectivity index (χ2n) is 7.24. The number of hydrogen-bond acceptors (Lipinski definition) is 5. The highest BCUT2D eigenvalue weighted by molar-refractivity contribution is 6.32. The molecule has 3 rings (SSSR count). The van der Waals surface area contributed by atoms with Gasteiger partial charge >= 0.3 is 6.09 Å². The molecule has 2 fully saturated rings. The fourth-order valence-corrected chi connectivity index (χ4v) is 4.22. The molecule has 2 aliphatic rings. The first kappa shape index (κ1) is 21.1. The average molecular weight is 422 g/mol. The molecule has 0 saturated carbocycles. The van der Waals surface area contributed by atoms with E-state index in [1.165, 1.54) is 7.05 Å². The van der Waals surface area contributed by atoms with E-state index in [1.54, 1.807) is 41.0 Å². The number of nitrogens with zero attached hydrogens (tertiary/aromatic N) is 3. The van der Waals surface area contributed by atoms with Crippen molar-refractivity contribution < 1.29 is 23.9 Å². The number of hydrogen-bond donors (Lipinski definition) is 0. The van der Waals surface area contributed by atoms with E-state index in [0.717, 1.165) is 4.90 Å². The lowest BCUT2D eigenvalue weighted by Crippen LogP contribution is -2.52. The number of piperazine rings is 1. The van der Waals surface area contributed by atoms with Crippen LogP contribution in [-0.2, 0) is 24.5 Å². The Morgan fingerprint density at radius 1 is 1.10 bits per heavy atom. The van der Waals surface area contributed by atoms with Gasteiger partial charge in [-0.05, 0) is 18.6 Å². The van der Waals surface area contributed by atoms with E-state index in [2.05, 4.69) is 0 Å². The van der Waals surface area contributed by atoms with Crippen LogP contribution in [0.15, 0.2) is 24.3 Å². The molecule has 156 valence electrons. The number of carbonyl (C=O) groups excluding carboxylic acids is 4. The van der Waals surface area contributed by atoms with Gasteiger partial charge in [0, 0.05) is 51.1 Å². The van der Waals surface area contributed by atoms with Crippen LogP contribution in [0.25, 0.3) is 0 Å². The van der Waals surface area contributed by atoms with Crippen molar-refractivity contribution in [1.82, 2.24) is 14.7 Å². The number of rotatable bonds is 4. The Labute approximate surface area is 174 Å². The van der Waals surface area contributed by atoms with Crippen molar-refractivity contribution >= 4 is 35.4 Å². The second kappa shape index (κ2) is 8.41. The molecule has 0 radical (unpaired) electrons. The van der Waals surface area contributed by atoms with E-state index in [-0.39, 0.29) is 24.7 Å². The highest BCUT2D eigenvalue weighted by atomic mass is 35.5. The van der Waals surface area contributed by atoms with Crippen LogP contribution in [-0.4, -0.2) is 78.3 Å². The molecule has 0 N–H and O–H groups in total. The maximum absolute atomic E-state index is 13.1. The summed E-state index contributed by atoms with van der Waals surface area (Å²) < 4.78 is 4.99. The molecule has 2 heterocycles. The molecule has 1 unspecified atom stereocenters. The smallest absolute Gasteiger partial charge is 0.409 e. The maximum Gasteiger partial charge on any atom is 0.409 e. The summed E-state index contributed by atoms with van der Waals surface area (Å²) >= 11 is 6.34. The summed E-state index contributed by atoms with van der Waals surface area (Å²) in [7, 11) is 1.42. The summed E-state index contributed by atoms with van der Waals surface area (Å²) in [5.41, 5.74) is -0.817. The van der Waals surface area contributed by atoms with Gasteiger partial charge in [0.25, 0.3) is 0 Å². The quantitative estimate of drug-likeness (QED) is 0.690. The molecule has 1 aromatic carbocycles. The zero-order valence-electron chi connectivity index (χ0n) is 16.5. The van der Waals surface area contributed by atoms with Crippen LogP contribution in [0.1, 0.15) is 25.3 Å². The van der Waals surface area contributed by atoms with Crippen molar-refractivity contribution in [2.75, 3.05) is 39.8 Å². The number of imide groups is 1. The number of likely N-dealkylation sites (tertiary alicyclic amines) is 1. The third kappa shape index (κ3) is 3.94. The zero-order valence-corrected chi connectivity index (χ0v) is 17.3. The van der Waals surface area contributed by atoms with Crippen LogP contribution < -0.4 is 0 Å². The van der Waals surface area contributed by atoms with Crippen molar-refractivity contribution in [1.29, 1.82) is 0 Å². The molecule has 2 aliphatic heterocycles. The lowest BCUT2D eigenvalue weighted by atomic mass is 9.75. The normalized spacial score (nSPS) is 22.2. The topological polar surface area (TPSA) is 87.2 Å². The van der Waals surface area contributed by atoms with Gasteiger partial charge in [-0.1, -0.05) is 29.8 Å². The first-order valence-corrected chi connectivity index (χ1v) is 9.93. The average Bonchev–Trinajstić information content (AvgIpc) is 2.93. The standard InChI is InChI=1S/C20H24ClN3O5/c1-3-29-19(28)24-10-8-23(9-11-24)17(26)13-20(12-16(25)22(2)18(20)27)14-6-4-5-7-15(14)21/h4-7H,3,8-13H2,1-2H3. The van der Waals surface area contributed by atoms with Crippen molar-refractivity contribution in [3.63, 3.8) is 0 Å². The third-order valence-electron chi connectivity index (χ3n) is 5.54. The largest absolute Gasteiger partial charge is 0.450 e. The minimum absolute atomic E-state index is 0.0966. The van der Waals surface area contributed by atoms with Gasteiger partial charge in [-0.2, -0.15) is 0 Å². The van der Waals surface area contributed by atoms with Gasteiger partial charge < -0.3 is 14.5 Å². The molecule has 4 amide bonds. The summed E-state index contributed by atoms with van der Waals surface area (Å²) in [6, 6.07) is 6.82.